The molecule has 3 aromatic rings. The molecule has 0 N–H and O–H groups in total. The summed E-state index contributed by atoms with van der Waals surface area (Å²) in [7, 11) is 1.31. The first-order chi connectivity index (χ1) is 14.6. The molecule has 0 unspecified atom stereocenters. The molecule has 1 aliphatic heterocycles. The predicted molar refractivity (Wildman–Crippen MR) is 114 cm³/mol. The molecule has 0 aliphatic carbocycles. The van der Waals surface area contributed by atoms with Crippen molar-refractivity contribution in [2.45, 2.75) is 32.7 Å². The highest BCUT2D eigenvalue weighted by Crippen LogP contribution is 2.33. The van der Waals surface area contributed by atoms with E-state index in [9.17, 15) is 9.59 Å². The molecule has 2 aromatic carbocycles. The fourth-order valence-corrected chi connectivity index (χ4v) is 3.92. The van der Waals surface area contributed by atoms with E-state index in [0.29, 0.717) is 24.4 Å². The number of ether oxygens (including phenoxy) is 2. The summed E-state index contributed by atoms with van der Waals surface area (Å²) in [6, 6.07) is 14.2. The van der Waals surface area contributed by atoms with Gasteiger partial charge in [-0.15, -0.1) is 0 Å². The molecule has 6 nitrogen and oxygen atoms in total. The third-order valence-electron chi connectivity index (χ3n) is 5.63. The van der Waals surface area contributed by atoms with E-state index in [-0.39, 0.29) is 6.42 Å². The third-order valence-corrected chi connectivity index (χ3v) is 5.63. The number of fused-ring (bicyclic) bond motifs is 3. The summed E-state index contributed by atoms with van der Waals surface area (Å²) < 4.78 is 16.3. The second-order valence-corrected chi connectivity index (χ2v) is 7.58. The van der Waals surface area contributed by atoms with Crippen molar-refractivity contribution in [1.29, 1.82) is 0 Å². The number of aryl methyl sites for hydroxylation is 2. The lowest BCUT2D eigenvalue weighted by Crippen LogP contribution is -2.33. The van der Waals surface area contributed by atoms with Crippen LogP contribution in [0.4, 0.5) is 0 Å². The summed E-state index contributed by atoms with van der Waals surface area (Å²) in [5.74, 6) is 0.278. The Bertz CT molecular complexity index is 1120. The topological polar surface area (TPSA) is 69.0 Å². The van der Waals surface area contributed by atoms with Gasteiger partial charge in [0.1, 0.15) is 18.1 Å². The molecule has 30 heavy (non-hydrogen) atoms. The normalized spacial score (nSPS) is 13.7. The highest BCUT2D eigenvalue weighted by Gasteiger charge is 2.23. The number of esters is 1. The van der Waals surface area contributed by atoms with Crippen LogP contribution in [0.5, 0.6) is 5.75 Å². The number of carbonyl (C=O) groups excluding carboxylic acids is 1. The molecule has 1 aliphatic rings. The molecule has 0 amide bonds. The molecule has 2 heterocycles. The molecule has 1 aromatic heterocycles. The van der Waals surface area contributed by atoms with E-state index in [2.05, 4.69) is 29.2 Å². The van der Waals surface area contributed by atoms with E-state index in [1.807, 2.05) is 25.1 Å². The summed E-state index contributed by atoms with van der Waals surface area (Å²) in [4.78, 5) is 26.5. The Hall–Kier alpha value is -3.12. The van der Waals surface area contributed by atoms with Gasteiger partial charge in [0.05, 0.1) is 24.7 Å². The van der Waals surface area contributed by atoms with Gasteiger partial charge in [0.2, 0.25) is 0 Å². The summed E-state index contributed by atoms with van der Waals surface area (Å²) in [5.41, 5.74) is 3.32. The number of benzene rings is 2. The molecule has 0 saturated carbocycles. The predicted octanol–water partition coefficient (Wildman–Crippen LogP) is 3.60. The van der Waals surface area contributed by atoms with Crippen molar-refractivity contribution in [3.05, 3.63) is 75.1 Å². The number of rotatable bonds is 6. The molecule has 0 radical (unpaired) electrons. The summed E-state index contributed by atoms with van der Waals surface area (Å²) in [6.07, 6.45) is 1.92. The van der Waals surface area contributed by atoms with Crippen LogP contribution in [0.1, 0.15) is 28.7 Å². The first kappa shape index (κ1) is 20.2. The number of carbonyl (C=O) groups is 1. The molecule has 0 atom stereocenters. The molecule has 156 valence electrons. The fraction of sp³-hybridized carbons (Fsp3) is 0.333. The van der Waals surface area contributed by atoms with Gasteiger partial charge in [-0.2, -0.15) is 0 Å². The van der Waals surface area contributed by atoms with Crippen molar-refractivity contribution >= 4 is 16.9 Å². The first-order valence-corrected chi connectivity index (χ1v) is 10.1. The smallest absolute Gasteiger partial charge is 0.340 e. The molecule has 0 saturated heterocycles. The summed E-state index contributed by atoms with van der Waals surface area (Å²) >= 11 is 0. The Balaban J connectivity index is 1.56. The van der Waals surface area contributed by atoms with Crippen molar-refractivity contribution in [2.24, 2.45) is 0 Å². The number of hydrogen-bond acceptors (Lipinski definition) is 6. The Morgan fingerprint density at radius 1 is 1.17 bits per heavy atom. The van der Waals surface area contributed by atoms with Gasteiger partial charge in [-0.1, -0.05) is 30.3 Å². The Labute approximate surface area is 175 Å². The average Bonchev–Trinajstić information content (AvgIpc) is 2.77. The van der Waals surface area contributed by atoms with Gasteiger partial charge in [-0.3, -0.25) is 9.69 Å². The van der Waals surface area contributed by atoms with Gasteiger partial charge in [0.25, 0.3) is 0 Å². The monoisotopic (exact) mass is 407 g/mol. The molecule has 0 fully saturated rings. The zero-order valence-corrected chi connectivity index (χ0v) is 17.3. The highest BCUT2D eigenvalue weighted by atomic mass is 16.5. The lowest BCUT2D eigenvalue weighted by atomic mass is 10.00. The minimum absolute atomic E-state index is 0.0974. The second-order valence-electron chi connectivity index (χ2n) is 7.58. The minimum atomic E-state index is -0.500. The van der Waals surface area contributed by atoms with Crippen molar-refractivity contribution in [3.63, 3.8) is 0 Å². The van der Waals surface area contributed by atoms with Gasteiger partial charge in [0, 0.05) is 18.5 Å². The first-order valence-electron chi connectivity index (χ1n) is 10.1. The number of methoxy groups -OCH3 is 1. The molecular formula is C24H25NO5. The Kier molecular flexibility index (Phi) is 5.86. The van der Waals surface area contributed by atoms with Crippen LogP contribution in [0, 0.1) is 6.92 Å². The molecule has 0 bridgehead atoms. The van der Waals surface area contributed by atoms with Crippen LogP contribution in [0.15, 0.2) is 51.7 Å². The standard InChI is InChI=1S/C24H25NO5/c1-16-18-10-11-21-20(23(18)30-24(27)19(16)13-22(26)28-2)14-25(15-29-21)12-6-9-17-7-4-3-5-8-17/h3-5,7-8,10-11H,6,9,12-15H2,1-2H3. The van der Waals surface area contributed by atoms with Crippen LogP contribution in [0.2, 0.25) is 0 Å². The SMILES string of the molecule is COC(=O)Cc1c(C)c2ccc3c(c2oc1=O)CN(CCCc1ccccc1)CO3. The lowest BCUT2D eigenvalue weighted by Gasteiger charge is -2.29. The van der Waals surface area contributed by atoms with Gasteiger partial charge >= 0.3 is 11.6 Å². The average molecular weight is 407 g/mol. The minimum Gasteiger partial charge on any atom is -0.478 e. The zero-order valence-electron chi connectivity index (χ0n) is 17.3. The van der Waals surface area contributed by atoms with Gasteiger partial charge in [-0.25, -0.2) is 4.79 Å². The largest absolute Gasteiger partial charge is 0.478 e. The maximum absolute atomic E-state index is 12.6. The number of nitrogens with zero attached hydrogens (tertiary/aromatic N) is 1. The molecule has 0 spiro atoms. The van der Waals surface area contributed by atoms with Crippen molar-refractivity contribution < 1.29 is 18.7 Å². The van der Waals surface area contributed by atoms with Crippen LogP contribution < -0.4 is 10.4 Å². The van der Waals surface area contributed by atoms with Crippen LogP contribution in [-0.4, -0.2) is 31.3 Å². The summed E-state index contributed by atoms with van der Waals surface area (Å²) in [5, 5.41) is 0.821. The van der Waals surface area contributed by atoms with Crippen LogP contribution >= 0.6 is 0 Å². The van der Waals surface area contributed by atoms with Crippen LogP contribution in [-0.2, 0) is 28.9 Å². The van der Waals surface area contributed by atoms with Gasteiger partial charge < -0.3 is 13.9 Å². The van der Waals surface area contributed by atoms with Crippen molar-refractivity contribution in [3.8, 4) is 5.75 Å². The second kappa shape index (κ2) is 8.71. The van der Waals surface area contributed by atoms with Crippen LogP contribution in [0.25, 0.3) is 11.0 Å². The third kappa shape index (κ3) is 4.09. The summed E-state index contributed by atoms with van der Waals surface area (Å²) in [6.45, 7) is 3.89. The maximum atomic E-state index is 12.6. The van der Waals surface area contributed by atoms with Gasteiger partial charge in [0.15, 0.2) is 0 Å². The van der Waals surface area contributed by atoms with E-state index in [0.717, 1.165) is 41.6 Å². The maximum Gasteiger partial charge on any atom is 0.340 e. The van der Waals surface area contributed by atoms with E-state index in [4.69, 9.17) is 13.9 Å². The molecule has 6 heteroatoms. The quantitative estimate of drug-likeness (QED) is 0.459. The van der Waals surface area contributed by atoms with Crippen LogP contribution in [0.3, 0.4) is 0 Å². The van der Waals surface area contributed by atoms with Crippen molar-refractivity contribution in [2.75, 3.05) is 20.4 Å². The Morgan fingerprint density at radius 2 is 1.97 bits per heavy atom. The highest BCUT2D eigenvalue weighted by molar-refractivity contribution is 5.87. The number of hydrogen-bond donors (Lipinski definition) is 0. The fourth-order valence-electron chi connectivity index (χ4n) is 3.92. The molecular weight excluding hydrogens is 382 g/mol. The van der Waals surface area contributed by atoms with E-state index in [1.54, 1.807) is 0 Å². The van der Waals surface area contributed by atoms with Gasteiger partial charge in [-0.05, 0) is 43.0 Å². The Morgan fingerprint density at radius 3 is 2.73 bits per heavy atom. The van der Waals surface area contributed by atoms with E-state index >= 15 is 0 Å². The molecule has 4 rings (SSSR count). The zero-order chi connectivity index (χ0) is 21.1. The van der Waals surface area contributed by atoms with Crippen molar-refractivity contribution in [1.82, 2.24) is 4.90 Å². The van der Waals surface area contributed by atoms with E-state index in [1.165, 1.54) is 12.7 Å². The van der Waals surface area contributed by atoms with E-state index < -0.39 is 11.6 Å². The lowest BCUT2D eigenvalue weighted by molar-refractivity contribution is -0.139.